The molecular weight excluding hydrogens is 340 g/mol. The van der Waals surface area contributed by atoms with Gasteiger partial charge in [-0.25, -0.2) is 5.48 Å². The van der Waals surface area contributed by atoms with Gasteiger partial charge in [0.2, 0.25) is 0 Å². The van der Waals surface area contributed by atoms with E-state index in [0.717, 1.165) is 16.3 Å². The Hall–Kier alpha value is -2.89. The van der Waals surface area contributed by atoms with Gasteiger partial charge in [0.1, 0.15) is 0 Å². The molecule has 0 spiro atoms. The second-order valence-electron chi connectivity index (χ2n) is 5.53. The van der Waals surface area contributed by atoms with Crippen molar-refractivity contribution in [2.75, 3.05) is 0 Å². The van der Waals surface area contributed by atoms with Gasteiger partial charge in [-0.15, -0.1) is 0 Å². The van der Waals surface area contributed by atoms with Crippen molar-refractivity contribution in [1.29, 1.82) is 0 Å². The average Bonchev–Trinajstić information content (AvgIpc) is 2.64. The normalized spacial score (nSPS) is 10.5. The van der Waals surface area contributed by atoms with Crippen LogP contribution < -0.4 is 10.8 Å². The lowest BCUT2D eigenvalue weighted by Gasteiger charge is -2.08. The van der Waals surface area contributed by atoms with Crippen molar-refractivity contribution in [3.8, 4) is 0 Å². The maximum absolute atomic E-state index is 12.3. The van der Waals surface area contributed by atoms with Gasteiger partial charge in [-0.3, -0.25) is 14.8 Å². The molecule has 0 atom stereocenters. The summed E-state index contributed by atoms with van der Waals surface area (Å²) in [5.41, 5.74) is 3.38. The quantitative estimate of drug-likeness (QED) is 0.495. The van der Waals surface area contributed by atoms with Crippen LogP contribution in [-0.4, -0.2) is 17.0 Å². The van der Waals surface area contributed by atoms with Crippen LogP contribution in [0.25, 0.3) is 10.8 Å². The van der Waals surface area contributed by atoms with Gasteiger partial charge >= 0.3 is 0 Å². The molecule has 0 heterocycles. The van der Waals surface area contributed by atoms with E-state index in [2.05, 4.69) is 5.32 Å². The van der Waals surface area contributed by atoms with Crippen LogP contribution in [0.3, 0.4) is 0 Å². The Morgan fingerprint density at radius 1 is 0.880 bits per heavy atom. The van der Waals surface area contributed by atoms with Crippen molar-refractivity contribution >= 4 is 34.2 Å². The second-order valence-corrected chi connectivity index (χ2v) is 5.97. The summed E-state index contributed by atoms with van der Waals surface area (Å²) in [7, 11) is 0. The summed E-state index contributed by atoms with van der Waals surface area (Å²) in [5, 5.41) is 13.8. The predicted octanol–water partition coefficient (Wildman–Crippen LogP) is 3.54. The Kier molecular flexibility index (Phi) is 4.97. The minimum Gasteiger partial charge on any atom is -0.348 e. The van der Waals surface area contributed by atoms with E-state index >= 15 is 0 Å². The topological polar surface area (TPSA) is 78.4 Å². The zero-order valence-corrected chi connectivity index (χ0v) is 13.9. The Morgan fingerprint density at radius 2 is 1.52 bits per heavy atom. The molecule has 3 aromatic rings. The third kappa shape index (κ3) is 3.96. The highest BCUT2D eigenvalue weighted by Crippen LogP contribution is 2.18. The number of hydrogen-bond acceptors (Lipinski definition) is 3. The summed E-state index contributed by atoms with van der Waals surface area (Å²) in [6.45, 7) is 0.382. The molecule has 0 saturated heterocycles. The zero-order chi connectivity index (χ0) is 17.8. The molecule has 3 N–H and O–H groups in total. The molecular formula is C19H15ClN2O3. The number of carbonyl (C=O) groups excluding carboxylic acids is 2. The van der Waals surface area contributed by atoms with Gasteiger partial charge in [0.15, 0.2) is 0 Å². The van der Waals surface area contributed by atoms with Crippen LogP contribution in [0, 0.1) is 0 Å². The lowest BCUT2D eigenvalue weighted by Crippen LogP contribution is -2.22. The number of rotatable bonds is 4. The highest BCUT2D eigenvalue weighted by atomic mass is 35.5. The monoisotopic (exact) mass is 354 g/mol. The van der Waals surface area contributed by atoms with Crippen LogP contribution in [0.4, 0.5) is 0 Å². The van der Waals surface area contributed by atoms with Crippen LogP contribution in [0.5, 0.6) is 0 Å². The van der Waals surface area contributed by atoms with Crippen molar-refractivity contribution in [3.63, 3.8) is 0 Å². The van der Waals surface area contributed by atoms with Gasteiger partial charge in [0.25, 0.3) is 11.8 Å². The molecule has 6 heteroatoms. The summed E-state index contributed by atoms with van der Waals surface area (Å²) in [5.74, 6) is -0.774. The highest BCUT2D eigenvalue weighted by Gasteiger charge is 2.09. The van der Waals surface area contributed by atoms with Gasteiger partial charge in [0.05, 0.1) is 0 Å². The number of nitrogens with one attached hydrogen (secondary N) is 2. The van der Waals surface area contributed by atoms with Crippen LogP contribution in [-0.2, 0) is 6.54 Å². The molecule has 5 nitrogen and oxygen atoms in total. The minimum absolute atomic E-state index is 0.195. The average molecular weight is 355 g/mol. The number of amides is 2. The molecule has 25 heavy (non-hydrogen) atoms. The first kappa shape index (κ1) is 17.0. The van der Waals surface area contributed by atoms with E-state index in [4.69, 9.17) is 16.8 Å². The van der Waals surface area contributed by atoms with E-state index in [1.54, 1.807) is 54.0 Å². The zero-order valence-electron chi connectivity index (χ0n) is 13.1. The van der Waals surface area contributed by atoms with E-state index in [1.165, 1.54) is 0 Å². The summed E-state index contributed by atoms with van der Waals surface area (Å²) in [6, 6.07) is 17.5. The molecule has 3 rings (SSSR count). The number of carbonyl (C=O) groups is 2. The fourth-order valence-corrected chi connectivity index (χ4v) is 2.74. The van der Waals surface area contributed by atoms with Crippen molar-refractivity contribution in [2.24, 2.45) is 0 Å². The highest BCUT2D eigenvalue weighted by molar-refractivity contribution is 6.30. The van der Waals surface area contributed by atoms with Gasteiger partial charge < -0.3 is 5.32 Å². The molecule has 0 aliphatic carbocycles. The standard InChI is InChI=1S/C19H15ClN2O3/c20-17-3-1-2-12(8-17)11-21-18(23)15-6-4-14-10-16(19(24)22-25)7-5-13(14)9-15/h1-10,25H,11H2,(H,21,23)(H,22,24). The first-order chi connectivity index (χ1) is 12.1. The smallest absolute Gasteiger partial charge is 0.274 e. The Bertz CT molecular complexity index is 956. The molecule has 0 bridgehead atoms. The van der Waals surface area contributed by atoms with Crippen molar-refractivity contribution in [2.45, 2.75) is 6.54 Å². The molecule has 0 fully saturated rings. The van der Waals surface area contributed by atoms with Gasteiger partial charge in [-0.1, -0.05) is 35.9 Å². The summed E-state index contributed by atoms with van der Waals surface area (Å²) >= 11 is 5.93. The molecule has 3 aromatic carbocycles. The molecule has 0 unspecified atom stereocenters. The second kappa shape index (κ2) is 7.34. The Morgan fingerprint density at radius 3 is 2.12 bits per heavy atom. The largest absolute Gasteiger partial charge is 0.348 e. The summed E-state index contributed by atoms with van der Waals surface area (Å²) < 4.78 is 0. The van der Waals surface area contributed by atoms with E-state index in [0.29, 0.717) is 22.7 Å². The van der Waals surface area contributed by atoms with Gasteiger partial charge in [-0.2, -0.15) is 0 Å². The van der Waals surface area contributed by atoms with E-state index in [9.17, 15) is 9.59 Å². The maximum Gasteiger partial charge on any atom is 0.274 e. The van der Waals surface area contributed by atoms with Crippen LogP contribution >= 0.6 is 11.6 Å². The van der Waals surface area contributed by atoms with E-state index in [-0.39, 0.29) is 5.91 Å². The number of hydroxylamine groups is 1. The molecule has 126 valence electrons. The molecule has 0 aliphatic heterocycles. The fraction of sp³-hybridized carbons (Fsp3) is 0.0526. The first-order valence-corrected chi connectivity index (χ1v) is 7.95. The number of benzene rings is 3. The van der Waals surface area contributed by atoms with Crippen LogP contribution in [0.1, 0.15) is 26.3 Å². The van der Waals surface area contributed by atoms with Gasteiger partial charge in [-0.05, 0) is 52.7 Å². The molecule has 0 radical (unpaired) electrons. The van der Waals surface area contributed by atoms with Crippen molar-refractivity contribution in [3.05, 3.63) is 82.4 Å². The van der Waals surface area contributed by atoms with E-state index < -0.39 is 5.91 Å². The fourth-order valence-electron chi connectivity index (χ4n) is 2.52. The third-order valence-corrected chi connectivity index (χ3v) is 4.04. The predicted molar refractivity (Wildman–Crippen MR) is 95.8 cm³/mol. The summed E-state index contributed by atoms with van der Waals surface area (Å²) in [4.78, 5) is 23.8. The molecule has 2 amide bonds. The maximum atomic E-state index is 12.3. The first-order valence-electron chi connectivity index (χ1n) is 7.58. The van der Waals surface area contributed by atoms with Crippen molar-refractivity contribution < 1.29 is 14.8 Å². The molecule has 0 aromatic heterocycles. The lowest BCUT2D eigenvalue weighted by molar-refractivity contribution is 0.0706. The molecule has 0 aliphatic rings. The Balaban J connectivity index is 1.76. The molecule has 0 saturated carbocycles. The number of fused-ring (bicyclic) bond motifs is 1. The van der Waals surface area contributed by atoms with E-state index in [1.807, 2.05) is 12.1 Å². The summed E-state index contributed by atoms with van der Waals surface area (Å²) in [6.07, 6.45) is 0. The lowest BCUT2D eigenvalue weighted by atomic mass is 10.0. The Labute approximate surface area is 149 Å². The van der Waals surface area contributed by atoms with Crippen molar-refractivity contribution in [1.82, 2.24) is 10.8 Å². The van der Waals surface area contributed by atoms with Crippen LogP contribution in [0.15, 0.2) is 60.7 Å². The minimum atomic E-state index is -0.578. The SMILES string of the molecule is O=C(NO)c1ccc2cc(C(=O)NCc3cccc(Cl)c3)ccc2c1. The number of hydrogen-bond donors (Lipinski definition) is 3. The third-order valence-electron chi connectivity index (χ3n) is 3.81. The van der Waals surface area contributed by atoms with Gasteiger partial charge in [0, 0.05) is 22.7 Å². The number of halogens is 1. The van der Waals surface area contributed by atoms with Crippen LogP contribution in [0.2, 0.25) is 5.02 Å².